The van der Waals surface area contributed by atoms with Crippen LogP contribution in [0.25, 0.3) is 0 Å². The number of benzene rings is 2. The predicted octanol–water partition coefficient (Wildman–Crippen LogP) is 5.72. The molecule has 1 N–H and O–H groups in total. The summed E-state index contributed by atoms with van der Waals surface area (Å²) in [6.07, 6.45) is 6.56. The average molecular weight is 499 g/mol. The molecule has 0 aliphatic rings. The summed E-state index contributed by atoms with van der Waals surface area (Å²) >= 11 is 16.2. The Labute approximate surface area is 189 Å². The largest absolute Gasteiger partial charge is 0.493 e. The van der Waals surface area contributed by atoms with Gasteiger partial charge in [0.1, 0.15) is 6.61 Å². The monoisotopic (exact) mass is 497 g/mol. The number of ether oxygens (including phenoxy) is 2. The molecule has 5 nitrogen and oxygen atoms in total. The molecule has 154 valence electrons. The van der Waals surface area contributed by atoms with Crippen LogP contribution in [0, 0.1) is 0 Å². The highest BCUT2D eigenvalue weighted by Gasteiger charge is 2.16. The minimum absolute atomic E-state index is 0.249. The lowest BCUT2D eigenvalue weighted by molar-refractivity contribution is 0.280. The van der Waals surface area contributed by atoms with E-state index in [-0.39, 0.29) is 6.61 Å². The zero-order valence-electron chi connectivity index (χ0n) is 16.0. The maximum atomic E-state index is 6.28. The minimum atomic E-state index is 0.249. The first-order valence-corrected chi connectivity index (χ1v) is 10.7. The van der Waals surface area contributed by atoms with Crippen LogP contribution in [0.5, 0.6) is 11.5 Å². The van der Waals surface area contributed by atoms with Crippen LogP contribution >= 0.6 is 39.1 Å². The number of imidazole rings is 1. The Kier molecular flexibility index (Phi) is 8.24. The van der Waals surface area contributed by atoms with E-state index in [0.29, 0.717) is 28.1 Å². The summed E-state index contributed by atoms with van der Waals surface area (Å²) in [5, 5.41) is 4.62. The molecule has 3 rings (SSSR count). The number of hydrogen-bond acceptors (Lipinski definition) is 4. The molecule has 29 heavy (non-hydrogen) atoms. The lowest BCUT2D eigenvalue weighted by Gasteiger charge is -2.18. The van der Waals surface area contributed by atoms with Gasteiger partial charge in [0.15, 0.2) is 11.5 Å². The maximum absolute atomic E-state index is 6.28. The summed E-state index contributed by atoms with van der Waals surface area (Å²) in [5.41, 5.74) is 1.73. The highest BCUT2D eigenvalue weighted by atomic mass is 79.9. The number of nitrogens with one attached hydrogen (secondary N) is 1. The number of rotatable bonds is 10. The molecule has 0 saturated heterocycles. The van der Waals surface area contributed by atoms with Gasteiger partial charge in [-0.05, 0) is 37.2 Å². The smallest absolute Gasteiger partial charge is 0.167 e. The Bertz CT molecular complexity index is 916. The first-order valence-electron chi connectivity index (χ1n) is 9.17. The number of halogens is 3. The number of hydrogen-bond donors (Lipinski definition) is 1. The quantitative estimate of drug-likeness (QED) is 0.363. The zero-order valence-corrected chi connectivity index (χ0v) is 19.1. The minimum Gasteiger partial charge on any atom is -0.493 e. The van der Waals surface area contributed by atoms with Gasteiger partial charge in [0, 0.05) is 51.1 Å². The summed E-state index contributed by atoms with van der Waals surface area (Å²) in [4.78, 5) is 4.06. The Hall–Kier alpha value is -1.73. The van der Waals surface area contributed by atoms with Gasteiger partial charge in [0.05, 0.1) is 13.4 Å². The van der Waals surface area contributed by atoms with Crippen LogP contribution in [-0.4, -0.2) is 23.2 Å². The summed E-state index contributed by atoms with van der Waals surface area (Å²) in [6.45, 7) is 2.66. The van der Waals surface area contributed by atoms with Crippen LogP contribution in [0.4, 0.5) is 0 Å². The van der Waals surface area contributed by atoms with E-state index in [1.807, 2.05) is 30.7 Å². The van der Waals surface area contributed by atoms with Crippen LogP contribution in [0.1, 0.15) is 17.5 Å². The van der Waals surface area contributed by atoms with E-state index < -0.39 is 0 Å². The molecule has 3 aromatic rings. The van der Waals surface area contributed by atoms with E-state index in [1.54, 1.807) is 25.4 Å². The third kappa shape index (κ3) is 5.89. The van der Waals surface area contributed by atoms with E-state index in [1.165, 1.54) is 0 Å². The van der Waals surface area contributed by atoms with Crippen LogP contribution in [0.3, 0.4) is 0 Å². The summed E-state index contributed by atoms with van der Waals surface area (Å²) < 4.78 is 14.6. The molecule has 1 aromatic heterocycles. The Morgan fingerprint density at radius 2 is 1.93 bits per heavy atom. The Morgan fingerprint density at radius 3 is 2.62 bits per heavy atom. The summed E-state index contributed by atoms with van der Waals surface area (Å²) in [6, 6.07) is 9.24. The molecule has 0 spiro atoms. The van der Waals surface area contributed by atoms with Crippen molar-refractivity contribution in [2.24, 2.45) is 0 Å². The Balaban J connectivity index is 1.67. The molecular weight excluding hydrogens is 477 g/mol. The van der Waals surface area contributed by atoms with Crippen molar-refractivity contribution in [1.82, 2.24) is 14.9 Å². The van der Waals surface area contributed by atoms with Crippen molar-refractivity contribution < 1.29 is 9.47 Å². The maximum Gasteiger partial charge on any atom is 0.167 e. The fraction of sp³-hybridized carbons (Fsp3) is 0.286. The van der Waals surface area contributed by atoms with Gasteiger partial charge in [0.25, 0.3) is 0 Å². The molecule has 0 radical (unpaired) electrons. The summed E-state index contributed by atoms with van der Waals surface area (Å²) in [5.74, 6) is 1.33. The third-order valence-corrected chi connectivity index (χ3v) is 5.89. The molecule has 0 bridgehead atoms. The lowest BCUT2D eigenvalue weighted by atomic mass is 10.1. The molecule has 0 saturated carbocycles. The topological polar surface area (TPSA) is 48.3 Å². The second-order valence-corrected chi connectivity index (χ2v) is 8.05. The van der Waals surface area contributed by atoms with E-state index in [0.717, 1.165) is 35.1 Å². The van der Waals surface area contributed by atoms with Gasteiger partial charge in [-0.1, -0.05) is 45.2 Å². The molecule has 0 aliphatic heterocycles. The molecule has 0 fully saturated rings. The SMILES string of the molecule is COc1ccc(Br)c(CNCCCn2ccnc2)c1OCc1c(Cl)cccc1Cl. The first-order chi connectivity index (χ1) is 14.1. The van der Waals surface area contributed by atoms with Gasteiger partial charge in [-0.15, -0.1) is 0 Å². The van der Waals surface area contributed by atoms with Crippen molar-refractivity contribution in [3.8, 4) is 11.5 Å². The predicted molar refractivity (Wildman–Crippen MR) is 120 cm³/mol. The first kappa shape index (κ1) is 22.0. The van der Waals surface area contributed by atoms with E-state index in [4.69, 9.17) is 32.7 Å². The average Bonchev–Trinajstić information content (AvgIpc) is 3.22. The fourth-order valence-electron chi connectivity index (χ4n) is 2.90. The van der Waals surface area contributed by atoms with Crippen molar-refractivity contribution in [3.63, 3.8) is 0 Å². The van der Waals surface area contributed by atoms with Crippen LogP contribution in [-0.2, 0) is 19.7 Å². The third-order valence-electron chi connectivity index (χ3n) is 4.44. The number of aromatic nitrogens is 2. The number of nitrogens with zero attached hydrogens (tertiary/aromatic N) is 2. The van der Waals surface area contributed by atoms with Gasteiger partial charge in [-0.3, -0.25) is 0 Å². The van der Waals surface area contributed by atoms with Gasteiger partial charge in [-0.2, -0.15) is 0 Å². The summed E-state index contributed by atoms with van der Waals surface area (Å²) in [7, 11) is 1.63. The lowest BCUT2D eigenvalue weighted by Crippen LogP contribution is -2.17. The van der Waals surface area contributed by atoms with E-state index in [9.17, 15) is 0 Å². The van der Waals surface area contributed by atoms with Crippen molar-refractivity contribution in [2.45, 2.75) is 26.1 Å². The molecule has 2 aromatic carbocycles. The molecule has 8 heteroatoms. The molecule has 0 unspecified atom stereocenters. The van der Waals surface area contributed by atoms with Gasteiger partial charge in [-0.25, -0.2) is 4.98 Å². The highest BCUT2D eigenvalue weighted by Crippen LogP contribution is 2.37. The molecule has 0 atom stereocenters. The second kappa shape index (κ2) is 10.9. The van der Waals surface area contributed by atoms with Crippen molar-refractivity contribution in [1.29, 1.82) is 0 Å². The second-order valence-electron chi connectivity index (χ2n) is 6.38. The molecule has 0 aliphatic carbocycles. The van der Waals surface area contributed by atoms with E-state index in [2.05, 4.69) is 30.8 Å². The van der Waals surface area contributed by atoms with Crippen molar-refractivity contribution in [2.75, 3.05) is 13.7 Å². The molecular formula is C21H22BrCl2N3O2. The Morgan fingerprint density at radius 1 is 1.14 bits per heavy atom. The van der Waals surface area contributed by atoms with Gasteiger partial charge < -0.3 is 19.4 Å². The van der Waals surface area contributed by atoms with Crippen LogP contribution in [0.15, 0.2) is 53.5 Å². The van der Waals surface area contributed by atoms with Crippen LogP contribution < -0.4 is 14.8 Å². The van der Waals surface area contributed by atoms with Gasteiger partial charge in [0.2, 0.25) is 0 Å². The van der Waals surface area contributed by atoms with E-state index >= 15 is 0 Å². The normalized spacial score (nSPS) is 10.9. The van der Waals surface area contributed by atoms with Crippen molar-refractivity contribution >= 4 is 39.1 Å². The van der Waals surface area contributed by atoms with Gasteiger partial charge >= 0.3 is 0 Å². The molecule has 1 heterocycles. The number of aryl methyl sites for hydroxylation is 1. The highest BCUT2D eigenvalue weighted by molar-refractivity contribution is 9.10. The zero-order chi connectivity index (χ0) is 20.6. The van der Waals surface area contributed by atoms with Crippen LogP contribution in [0.2, 0.25) is 10.0 Å². The molecule has 0 amide bonds. The standard InChI is InChI=1S/C21H22BrCl2N3O2/c1-28-20-7-6-17(22)15(12-25-8-3-10-27-11-9-26-14-27)21(20)29-13-16-18(23)4-2-5-19(16)24/h2,4-7,9,11,14,25H,3,8,10,12-13H2,1H3. The van der Waals surface area contributed by atoms with Crippen molar-refractivity contribution in [3.05, 3.63) is 74.7 Å². The number of methoxy groups -OCH3 is 1. The fourth-order valence-corrected chi connectivity index (χ4v) is 3.86.